The maximum absolute atomic E-state index is 12.3. The molecule has 2 aromatic heterocycles. The average Bonchev–Trinajstić information content (AvgIpc) is 3.18. The highest BCUT2D eigenvalue weighted by atomic mass is 16.4. The van der Waals surface area contributed by atoms with Gasteiger partial charge in [0.15, 0.2) is 0 Å². The molecular formula is C25H30N4O3. The summed E-state index contributed by atoms with van der Waals surface area (Å²) in [5.74, 6) is 1.10. The second-order valence-electron chi connectivity index (χ2n) is 7.74. The van der Waals surface area contributed by atoms with E-state index in [-0.39, 0.29) is 17.7 Å². The van der Waals surface area contributed by atoms with Gasteiger partial charge < -0.3 is 15.1 Å². The normalized spacial score (nSPS) is 10.9. The lowest BCUT2D eigenvalue weighted by Gasteiger charge is -2.11. The van der Waals surface area contributed by atoms with Gasteiger partial charge in [-0.3, -0.25) is 14.6 Å². The van der Waals surface area contributed by atoms with Crippen molar-refractivity contribution in [1.82, 2.24) is 15.3 Å². The lowest BCUT2D eigenvalue weighted by molar-refractivity contribution is -0.125. The highest BCUT2D eigenvalue weighted by Gasteiger charge is 2.17. The van der Waals surface area contributed by atoms with Crippen molar-refractivity contribution in [2.45, 2.75) is 53.0 Å². The van der Waals surface area contributed by atoms with Crippen LogP contribution in [0, 0.1) is 12.8 Å². The average molecular weight is 435 g/mol. The zero-order valence-electron chi connectivity index (χ0n) is 18.9. The second-order valence-corrected chi connectivity index (χ2v) is 7.74. The third kappa shape index (κ3) is 6.26. The molecule has 0 saturated carbocycles. The van der Waals surface area contributed by atoms with Gasteiger partial charge in [-0.2, -0.15) is 0 Å². The zero-order valence-corrected chi connectivity index (χ0v) is 18.9. The summed E-state index contributed by atoms with van der Waals surface area (Å²) < 4.78 is 5.83. The Morgan fingerprint density at radius 2 is 1.94 bits per heavy atom. The van der Waals surface area contributed by atoms with Crippen LogP contribution in [0.4, 0.5) is 5.69 Å². The molecule has 0 bridgehead atoms. The van der Waals surface area contributed by atoms with Crippen molar-refractivity contribution in [3.63, 3.8) is 0 Å². The molecule has 7 nitrogen and oxygen atoms in total. The van der Waals surface area contributed by atoms with Crippen molar-refractivity contribution in [3.05, 3.63) is 65.8 Å². The summed E-state index contributed by atoms with van der Waals surface area (Å²) in [4.78, 5) is 33.2. The van der Waals surface area contributed by atoms with Crippen molar-refractivity contribution in [2.24, 2.45) is 5.92 Å². The zero-order chi connectivity index (χ0) is 22.9. The third-order valence-electron chi connectivity index (χ3n) is 5.44. The number of anilines is 1. The summed E-state index contributed by atoms with van der Waals surface area (Å²) in [6.45, 7) is 6.18. The molecule has 0 saturated heterocycles. The van der Waals surface area contributed by atoms with Gasteiger partial charge in [-0.25, -0.2) is 4.98 Å². The number of rotatable bonds is 10. The minimum absolute atomic E-state index is 0.0140. The van der Waals surface area contributed by atoms with Crippen LogP contribution in [0.5, 0.6) is 0 Å². The van der Waals surface area contributed by atoms with E-state index in [1.54, 1.807) is 12.4 Å². The summed E-state index contributed by atoms with van der Waals surface area (Å²) in [6, 6.07) is 11.2. The van der Waals surface area contributed by atoms with Gasteiger partial charge >= 0.3 is 0 Å². The minimum Gasteiger partial charge on any atom is -0.441 e. The summed E-state index contributed by atoms with van der Waals surface area (Å²) >= 11 is 0. The molecule has 0 radical (unpaired) electrons. The molecule has 32 heavy (non-hydrogen) atoms. The highest BCUT2D eigenvalue weighted by Crippen LogP contribution is 2.24. The predicted octanol–water partition coefficient (Wildman–Crippen LogP) is 4.67. The lowest BCUT2D eigenvalue weighted by atomic mass is 10.0. The second kappa shape index (κ2) is 11.2. The number of benzene rings is 1. The van der Waals surface area contributed by atoms with Crippen molar-refractivity contribution in [2.75, 3.05) is 5.32 Å². The largest absolute Gasteiger partial charge is 0.441 e. The number of amides is 2. The van der Waals surface area contributed by atoms with E-state index in [0.717, 1.165) is 24.0 Å². The van der Waals surface area contributed by atoms with Crippen LogP contribution in [0.2, 0.25) is 0 Å². The molecule has 0 fully saturated rings. The standard InChI is InChI=1S/C25H30N4O3/c1-4-19(5-2)24(31)27-16-22-17(3)32-25(29-22)20-9-6-10-21(14-20)28-23(30)12-11-18-8-7-13-26-15-18/h6-10,13-15,19H,4-5,11-12,16H2,1-3H3,(H,27,31)(H,28,30). The van der Waals surface area contributed by atoms with Gasteiger partial charge in [0.1, 0.15) is 11.5 Å². The fourth-order valence-electron chi connectivity index (χ4n) is 3.45. The van der Waals surface area contributed by atoms with E-state index in [1.165, 1.54) is 0 Å². The number of oxazole rings is 1. The lowest BCUT2D eigenvalue weighted by Crippen LogP contribution is -2.29. The van der Waals surface area contributed by atoms with Crippen LogP contribution < -0.4 is 10.6 Å². The van der Waals surface area contributed by atoms with Crippen molar-refractivity contribution in [3.8, 4) is 11.5 Å². The third-order valence-corrected chi connectivity index (χ3v) is 5.44. The molecule has 1 aromatic carbocycles. The Morgan fingerprint density at radius 1 is 1.12 bits per heavy atom. The van der Waals surface area contributed by atoms with Crippen molar-refractivity contribution < 1.29 is 14.0 Å². The van der Waals surface area contributed by atoms with Crippen LogP contribution in [0.25, 0.3) is 11.5 Å². The fraction of sp³-hybridized carbons (Fsp3) is 0.360. The molecule has 0 aliphatic heterocycles. The van der Waals surface area contributed by atoms with Gasteiger partial charge in [0.05, 0.1) is 6.54 Å². The Hall–Kier alpha value is -3.48. The fourth-order valence-corrected chi connectivity index (χ4v) is 3.45. The summed E-state index contributed by atoms with van der Waals surface area (Å²) in [5.41, 5.74) is 3.16. The SMILES string of the molecule is CCC(CC)C(=O)NCc1nc(-c2cccc(NC(=O)CCc3cccnc3)c2)oc1C. The van der Waals surface area contributed by atoms with Crippen LogP contribution >= 0.6 is 0 Å². The van der Waals surface area contributed by atoms with Gasteiger partial charge in [-0.1, -0.05) is 26.0 Å². The number of carbonyl (C=O) groups excluding carboxylic acids is 2. The smallest absolute Gasteiger partial charge is 0.226 e. The maximum atomic E-state index is 12.3. The monoisotopic (exact) mass is 434 g/mol. The van der Waals surface area contributed by atoms with Crippen molar-refractivity contribution >= 4 is 17.5 Å². The topological polar surface area (TPSA) is 97.1 Å². The molecule has 0 aliphatic rings. The highest BCUT2D eigenvalue weighted by molar-refractivity contribution is 5.91. The maximum Gasteiger partial charge on any atom is 0.226 e. The van der Waals surface area contributed by atoms with Gasteiger partial charge in [-0.05, 0) is 56.0 Å². The number of aromatic nitrogens is 2. The van der Waals surface area contributed by atoms with Crippen LogP contribution in [0.1, 0.15) is 50.1 Å². The molecule has 2 amide bonds. The Balaban J connectivity index is 1.61. The number of hydrogen-bond acceptors (Lipinski definition) is 5. The molecule has 3 rings (SSSR count). The van der Waals surface area contributed by atoms with E-state index in [4.69, 9.17) is 4.42 Å². The minimum atomic E-state index is -0.0700. The van der Waals surface area contributed by atoms with Crippen LogP contribution in [0.15, 0.2) is 53.2 Å². The summed E-state index contributed by atoms with van der Waals surface area (Å²) in [6.07, 6.45) is 6.10. The van der Waals surface area contributed by atoms with E-state index >= 15 is 0 Å². The molecule has 0 atom stereocenters. The molecule has 7 heteroatoms. The number of carbonyl (C=O) groups is 2. The Labute approximate surface area is 188 Å². The van der Waals surface area contributed by atoms with Crippen molar-refractivity contribution in [1.29, 1.82) is 0 Å². The number of nitrogens with one attached hydrogen (secondary N) is 2. The van der Waals surface area contributed by atoms with E-state index in [1.807, 2.05) is 57.2 Å². The van der Waals surface area contributed by atoms with Gasteiger partial charge in [0, 0.05) is 36.0 Å². The quantitative estimate of drug-likeness (QED) is 0.483. The Kier molecular flexibility index (Phi) is 8.14. The molecule has 0 unspecified atom stereocenters. The molecule has 168 valence electrons. The molecule has 2 heterocycles. The molecule has 0 aliphatic carbocycles. The van der Waals surface area contributed by atoms with Crippen LogP contribution in [0.3, 0.4) is 0 Å². The van der Waals surface area contributed by atoms with Gasteiger partial charge in [-0.15, -0.1) is 0 Å². The first-order valence-electron chi connectivity index (χ1n) is 11.0. The molecular weight excluding hydrogens is 404 g/mol. The van der Waals surface area contributed by atoms with Gasteiger partial charge in [0.2, 0.25) is 17.7 Å². The van der Waals surface area contributed by atoms with E-state index in [0.29, 0.717) is 42.4 Å². The van der Waals surface area contributed by atoms with Crippen LogP contribution in [-0.4, -0.2) is 21.8 Å². The summed E-state index contributed by atoms with van der Waals surface area (Å²) in [5, 5.41) is 5.87. The first-order chi connectivity index (χ1) is 15.5. The number of pyridine rings is 1. The molecule has 3 aromatic rings. The van der Waals surface area contributed by atoms with E-state index in [2.05, 4.69) is 20.6 Å². The van der Waals surface area contributed by atoms with E-state index in [9.17, 15) is 9.59 Å². The number of nitrogens with zero attached hydrogens (tertiary/aromatic N) is 2. The first-order valence-corrected chi connectivity index (χ1v) is 11.0. The Bertz CT molecular complexity index is 1040. The molecule has 0 spiro atoms. The predicted molar refractivity (Wildman–Crippen MR) is 124 cm³/mol. The number of aryl methyl sites for hydroxylation is 2. The Morgan fingerprint density at radius 3 is 2.66 bits per heavy atom. The first kappa shape index (κ1) is 23.2. The number of hydrogen-bond donors (Lipinski definition) is 2. The molecule has 2 N–H and O–H groups in total. The summed E-state index contributed by atoms with van der Waals surface area (Å²) in [7, 11) is 0. The van der Waals surface area contributed by atoms with Crippen LogP contribution in [-0.2, 0) is 22.6 Å². The van der Waals surface area contributed by atoms with Gasteiger partial charge in [0.25, 0.3) is 0 Å². The van der Waals surface area contributed by atoms with E-state index < -0.39 is 0 Å².